The van der Waals surface area contributed by atoms with Crippen molar-refractivity contribution in [1.29, 1.82) is 0 Å². The molecule has 1 aliphatic carbocycles. The maximum Gasteiger partial charge on any atom is 0.163 e. The van der Waals surface area contributed by atoms with Gasteiger partial charge in [-0.05, 0) is 43.0 Å². The molecule has 3 heteroatoms. The first-order valence-corrected chi connectivity index (χ1v) is 7.77. The van der Waals surface area contributed by atoms with Gasteiger partial charge < -0.3 is 9.63 Å². The van der Waals surface area contributed by atoms with Gasteiger partial charge in [0, 0.05) is 24.0 Å². The monoisotopic (exact) mass is 307 g/mol. The van der Waals surface area contributed by atoms with E-state index in [9.17, 15) is 5.11 Å². The zero-order chi connectivity index (χ0) is 16.6. The van der Waals surface area contributed by atoms with E-state index < -0.39 is 0 Å². The van der Waals surface area contributed by atoms with Crippen LogP contribution in [-0.2, 0) is 0 Å². The van der Waals surface area contributed by atoms with Gasteiger partial charge in [0.1, 0.15) is 0 Å². The van der Waals surface area contributed by atoms with Crippen molar-refractivity contribution in [3.8, 4) is 0 Å². The van der Waals surface area contributed by atoms with Crippen LogP contribution in [-0.4, -0.2) is 10.3 Å². The summed E-state index contributed by atoms with van der Waals surface area (Å²) < 4.78 is 5.47. The van der Waals surface area contributed by atoms with Crippen molar-refractivity contribution >= 4 is 17.2 Å². The van der Waals surface area contributed by atoms with Crippen molar-refractivity contribution in [2.24, 2.45) is 0 Å². The Balaban J connectivity index is 2.02. The summed E-state index contributed by atoms with van der Waals surface area (Å²) in [6.07, 6.45) is 3.50. The van der Waals surface area contributed by atoms with Gasteiger partial charge in [-0.3, -0.25) is 0 Å². The number of nitrogens with zero attached hydrogens (tertiary/aromatic N) is 1. The number of aromatic nitrogens is 1. The normalized spacial score (nSPS) is 16.1. The minimum atomic E-state index is 0.167. The average molecular weight is 307 g/mol. The lowest BCUT2D eigenvalue weighted by atomic mass is 9.88. The topological polar surface area (TPSA) is 46.3 Å². The van der Waals surface area contributed by atoms with E-state index in [-0.39, 0.29) is 11.7 Å². The Kier molecular flexibility index (Phi) is 3.95. The highest BCUT2D eigenvalue weighted by atomic mass is 16.5. The molecule has 1 heterocycles. The summed E-state index contributed by atoms with van der Waals surface area (Å²) in [5.41, 5.74) is 6.59. The molecule has 1 N–H and O–H groups in total. The number of allylic oxidation sites excluding steroid dienone is 3. The first kappa shape index (κ1) is 15.3. The molecule has 0 saturated heterocycles. The zero-order valence-corrected chi connectivity index (χ0v) is 13.6. The van der Waals surface area contributed by atoms with Gasteiger partial charge in [-0.1, -0.05) is 42.1 Å². The van der Waals surface area contributed by atoms with E-state index in [2.05, 4.69) is 42.6 Å². The molecular weight excluding hydrogens is 286 g/mol. The molecule has 118 valence electrons. The Morgan fingerprint density at radius 2 is 2.09 bits per heavy atom. The van der Waals surface area contributed by atoms with E-state index in [1.54, 1.807) is 0 Å². The van der Waals surface area contributed by atoms with Crippen molar-refractivity contribution in [2.45, 2.75) is 32.6 Å². The second kappa shape index (κ2) is 5.92. The van der Waals surface area contributed by atoms with Crippen molar-refractivity contribution in [3.63, 3.8) is 0 Å². The second-order valence-electron chi connectivity index (χ2n) is 6.21. The standard InChI is InChI=1S/C20H21NO2/c1-12(2)15-6-7-16-11-19(20-9-13(3)21-23-20)17(18(16)10-15)8-5-14(4)22/h6-7,9-11,17,22H,1,4-5,8H2,2-3H3. The molecule has 3 nitrogen and oxygen atoms in total. The molecule has 1 aliphatic rings. The largest absolute Gasteiger partial charge is 0.513 e. The number of aliphatic hydroxyl groups is 1. The Hall–Kier alpha value is -2.55. The summed E-state index contributed by atoms with van der Waals surface area (Å²) in [4.78, 5) is 0. The second-order valence-corrected chi connectivity index (χ2v) is 6.21. The number of fused-ring (bicyclic) bond motifs is 1. The van der Waals surface area contributed by atoms with Crippen LogP contribution in [0.3, 0.4) is 0 Å². The highest BCUT2D eigenvalue weighted by Crippen LogP contribution is 2.45. The molecule has 3 rings (SSSR count). The van der Waals surface area contributed by atoms with Crippen LogP contribution in [0, 0.1) is 6.92 Å². The average Bonchev–Trinajstić information content (AvgIpc) is 3.07. The maximum absolute atomic E-state index is 9.50. The van der Waals surface area contributed by atoms with E-state index in [1.165, 1.54) is 11.1 Å². The molecule has 0 radical (unpaired) electrons. The molecule has 1 aromatic heterocycles. The summed E-state index contributed by atoms with van der Waals surface area (Å²) in [5, 5.41) is 13.5. The molecule has 0 fully saturated rings. The molecule has 0 saturated carbocycles. The van der Waals surface area contributed by atoms with Crippen LogP contribution in [0.1, 0.15) is 53.8 Å². The molecule has 1 aromatic carbocycles. The van der Waals surface area contributed by atoms with Gasteiger partial charge in [0.25, 0.3) is 0 Å². The number of hydrogen-bond acceptors (Lipinski definition) is 3. The van der Waals surface area contributed by atoms with Crippen LogP contribution in [0.5, 0.6) is 0 Å². The van der Waals surface area contributed by atoms with Gasteiger partial charge in [-0.25, -0.2) is 0 Å². The summed E-state index contributed by atoms with van der Waals surface area (Å²) in [6, 6.07) is 8.36. The third kappa shape index (κ3) is 3.00. The zero-order valence-electron chi connectivity index (χ0n) is 13.6. The van der Waals surface area contributed by atoms with Crippen molar-refractivity contribution in [2.75, 3.05) is 0 Å². The molecule has 2 aromatic rings. The highest BCUT2D eigenvalue weighted by molar-refractivity contribution is 5.90. The highest BCUT2D eigenvalue weighted by Gasteiger charge is 2.28. The summed E-state index contributed by atoms with van der Waals surface area (Å²) in [5.74, 6) is 1.17. The number of hydrogen-bond donors (Lipinski definition) is 1. The molecule has 0 aliphatic heterocycles. The van der Waals surface area contributed by atoms with E-state index in [1.807, 2.05) is 19.9 Å². The fraction of sp³-hybridized carbons (Fsp3) is 0.250. The fourth-order valence-corrected chi connectivity index (χ4v) is 3.07. The lowest BCUT2D eigenvalue weighted by Crippen LogP contribution is -2.00. The van der Waals surface area contributed by atoms with Crippen molar-refractivity contribution in [3.05, 3.63) is 71.3 Å². The van der Waals surface area contributed by atoms with E-state index in [0.717, 1.165) is 34.6 Å². The number of aryl methyl sites for hydroxylation is 1. The Bertz CT molecular complexity index is 811. The molecular formula is C20H21NO2. The van der Waals surface area contributed by atoms with Crippen LogP contribution < -0.4 is 0 Å². The smallest absolute Gasteiger partial charge is 0.163 e. The molecule has 23 heavy (non-hydrogen) atoms. The summed E-state index contributed by atoms with van der Waals surface area (Å²) in [6.45, 7) is 11.6. The van der Waals surface area contributed by atoms with Gasteiger partial charge in [-0.15, -0.1) is 0 Å². The molecule has 0 spiro atoms. The third-order valence-corrected chi connectivity index (χ3v) is 4.28. The van der Waals surface area contributed by atoms with Gasteiger partial charge in [0.2, 0.25) is 0 Å². The Morgan fingerprint density at radius 1 is 1.30 bits per heavy atom. The van der Waals surface area contributed by atoms with Gasteiger partial charge in [0.05, 0.1) is 11.5 Å². The van der Waals surface area contributed by atoms with Crippen molar-refractivity contribution < 1.29 is 9.63 Å². The van der Waals surface area contributed by atoms with Crippen LogP contribution in [0.25, 0.3) is 17.2 Å². The number of benzene rings is 1. The van der Waals surface area contributed by atoms with E-state index >= 15 is 0 Å². The summed E-state index contributed by atoms with van der Waals surface area (Å²) in [7, 11) is 0. The predicted octanol–water partition coefficient (Wildman–Crippen LogP) is 5.51. The minimum absolute atomic E-state index is 0.167. The van der Waals surface area contributed by atoms with Crippen molar-refractivity contribution in [1.82, 2.24) is 5.16 Å². The third-order valence-electron chi connectivity index (χ3n) is 4.28. The van der Waals surface area contributed by atoms with Gasteiger partial charge in [0.15, 0.2) is 5.76 Å². The summed E-state index contributed by atoms with van der Waals surface area (Å²) >= 11 is 0. The Morgan fingerprint density at radius 3 is 2.70 bits per heavy atom. The molecule has 0 bridgehead atoms. The lowest BCUT2D eigenvalue weighted by molar-refractivity contribution is 0.382. The first-order valence-electron chi connectivity index (χ1n) is 7.77. The minimum Gasteiger partial charge on any atom is -0.513 e. The van der Waals surface area contributed by atoms with E-state index in [4.69, 9.17) is 4.52 Å². The first-order chi connectivity index (χ1) is 11.0. The maximum atomic E-state index is 9.50. The fourth-order valence-electron chi connectivity index (χ4n) is 3.07. The quantitative estimate of drug-likeness (QED) is 0.741. The van der Waals surface area contributed by atoms with Crippen LogP contribution in [0.2, 0.25) is 0 Å². The van der Waals surface area contributed by atoms with Crippen LogP contribution in [0.15, 0.2) is 47.7 Å². The number of rotatable bonds is 5. The van der Waals surface area contributed by atoms with Crippen LogP contribution in [0.4, 0.5) is 0 Å². The molecule has 1 unspecified atom stereocenters. The predicted molar refractivity (Wildman–Crippen MR) is 94.0 cm³/mol. The lowest BCUT2D eigenvalue weighted by Gasteiger charge is -2.16. The number of aliphatic hydroxyl groups excluding tert-OH is 1. The van der Waals surface area contributed by atoms with Gasteiger partial charge in [-0.2, -0.15) is 0 Å². The van der Waals surface area contributed by atoms with Gasteiger partial charge >= 0.3 is 0 Å². The SMILES string of the molecule is C=C(O)CCC1C(c2cc(C)no2)=Cc2ccc(C(=C)C)cc21. The van der Waals surface area contributed by atoms with Crippen LogP contribution >= 0.6 is 0 Å². The molecule has 0 amide bonds. The van der Waals surface area contributed by atoms with E-state index in [0.29, 0.717) is 6.42 Å². The Labute approximate surface area is 136 Å². The molecule has 1 atom stereocenters.